The lowest BCUT2D eigenvalue weighted by Gasteiger charge is -2.25. The second-order valence-electron chi connectivity index (χ2n) is 4.83. The second kappa shape index (κ2) is 6.28. The predicted molar refractivity (Wildman–Crippen MR) is 81.2 cm³/mol. The van der Waals surface area contributed by atoms with Crippen LogP contribution in [0.3, 0.4) is 0 Å². The lowest BCUT2D eigenvalue weighted by atomic mass is 10.1. The van der Waals surface area contributed by atoms with E-state index in [1.807, 2.05) is 18.2 Å². The van der Waals surface area contributed by atoms with Gasteiger partial charge in [-0.3, -0.25) is 0 Å². The van der Waals surface area contributed by atoms with Gasteiger partial charge in [0.1, 0.15) is 5.75 Å². The Bertz CT molecular complexity index is 519. The molecule has 0 bridgehead atoms. The molecule has 0 saturated heterocycles. The average Bonchev–Trinajstić information content (AvgIpc) is 2.43. The molecule has 19 heavy (non-hydrogen) atoms. The molecule has 0 unspecified atom stereocenters. The van der Waals surface area contributed by atoms with Gasteiger partial charge in [0, 0.05) is 12.2 Å². The number of phenols is 1. The van der Waals surface area contributed by atoms with E-state index in [9.17, 15) is 5.11 Å². The molecule has 0 saturated carbocycles. The van der Waals surface area contributed by atoms with Crippen LogP contribution in [0.4, 0.5) is 11.4 Å². The Hall–Kier alpha value is -1.96. The Morgan fingerprint density at radius 1 is 1.00 bits per heavy atom. The molecule has 0 radical (unpaired) electrons. The van der Waals surface area contributed by atoms with Gasteiger partial charge in [-0.2, -0.15) is 0 Å². The number of benzene rings is 2. The molecule has 2 nitrogen and oxygen atoms in total. The van der Waals surface area contributed by atoms with Gasteiger partial charge in [0.25, 0.3) is 0 Å². The molecule has 2 aromatic rings. The van der Waals surface area contributed by atoms with Gasteiger partial charge in [-0.15, -0.1) is 0 Å². The SMILES string of the molecule is CCCCN(c1ccc(C)cc1)c1ccccc1O. The molecule has 0 fully saturated rings. The number of rotatable bonds is 5. The highest BCUT2D eigenvalue weighted by Crippen LogP contribution is 2.33. The van der Waals surface area contributed by atoms with E-state index in [1.54, 1.807) is 6.07 Å². The van der Waals surface area contributed by atoms with Gasteiger partial charge in [-0.25, -0.2) is 0 Å². The number of anilines is 2. The van der Waals surface area contributed by atoms with Crippen LogP contribution in [0.25, 0.3) is 0 Å². The van der Waals surface area contributed by atoms with Crippen molar-refractivity contribution >= 4 is 11.4 Å². The zero-order valence-electron chi connectivity index (χ0n) is 11.6. The molecular formula is C17H21NO. The zero-order valence-corrected chi connectivity index (χ0v) is 11.6. The van der Waals surface area contributed by atoms with Crippen molar-refractivity contribution in [2.45, 2.75) is 26.7 Å². The lowest BCUT2D eigenvalue weighted by Crippen LogP contribution is -2.18. The maximum Gasteiger partial charge on any atom is 0.139 e. The molecule has 0 spiro atoms. The van der Waals surface area contributed by atoms with Gasteiger partial charge in [0.2, 0.25) is 0 Å². The highest BCUT2D eigenvalue weighted by Gasteiger charge is 2.12. The monoisotopic (exact) mass is 255 g/mol. The van der Waals surface area contributed by atoms with E-state index in [1.165, 1.54) is 5.56 Å². The third-order valence-electron chi connectivity index (χ3n) is 3.25. The van der Waals surface area contributed by atoms with Crippen LogP contribution in [0.2, 0.25) is 0 Å². The second-order valence-corrected chi connectivity index (χ2v) is 4.83. The van der Waals surface area contributed by atoms with Gasteiger partial charge < -0.3 is 10.0 Å². The average molecular weight is 255 g/mol. The first-order valence-corrected chi connectivity index (χ1v) is 6.84. The molecule has 0 heterocycles. The first-order valence-electron chi connectivity index (χ1n) is 6.84. The van der Waals surface area contributed by atoms with Crippen molar-refractivity contribution in [1.29, 1.82) is 0 Å². The van der Waals surface area contributed by atoms with Crippen molar-refractivity contribution in [2.24, 2.45) is 0 Å². The minimum absolute atomic E-state index is 0.333. The molecular weight excluding hydrogens is 234 g/mol. The van der Waals surface area contributed by atoms with E-state index in [4.69, 9.17) is 0 Å². The van der Waals surface area contributed by atoms with Gasteiger partial charge >= 0.3 is 0 Å². The Kier molecular flexibility index (Phi) is 4.45. The Labute approximate surface area is 115 Å². The minimum atomic E-state index is 0.333. The normalized spacial score (nSPS) is 10.4. The maximum atomic E-state index is 10.1. The van der Waals surface area contributed by atoms with Crippen molar-refractivity contribution in [3.63, 3.8) is 0 Å². The number of phenolic OH excluding ortho intramolecular Hbond substituents is 1. The zero-order chi connectivity index (χ0) is 13.7. The van der Waals surface area contributed by atoms with E-state index in [0.29, 0.717) is 5.75 Å². The van der Waals surface area contributed by atoms with Crippen molar-refractivity contribution in [1.82, 2.24) is 0 Å². The highest BCUT2D eigenvalue weighted by atomic mass is 16.3. The molecule has 2 heteroatoms. The molecule has 0 aliphatic heterocycles. The molecule has 100 valence electrons. The summed E-state index contributed by atoms with van der Waals surface area (Å²) in [5, 5.41) is 10.1. The standard InChI is InChI=1S/C17H21NO/c1-3-4-13-18(15-11-9-14(2)10-12-15)16-7-5-6-8-17(16)19/h5-12,19H,3-4,13H2,1-2H3. The molecule has 0 aromatic heterocycles. The van der Waals surface area contributed by atoms with E-state index in [-0.39, 0.29) is 0 Å². The summed E-state index contributed by atoms with van der Waals surface area (Å²) in [5.41, 5.74) is 3.25. The fourth-order valence-electron chi connectivity index (χ4n) is 2.12. The third kappa shape index (κ3) is 3.28. The minimum Gasteiger partial charge on any atom is -0.506 e. The summed E-state index contributed by atoms with van der Waals surface area (Å²) in [7, 11) is 0. The van der Waals surface area contributed by atoms with Crippen LogP contribution in [-0.4, -0.2) is 11.7 Å². The van der Waals surface area contributed by atoms with Crippen LogP contribution in [-0.2, 0) is 0 Å². The molecule has 0 atom stereocenters. The highest BCUT2D eigenvalue weighted by molar-refractivity contribution is 5.68. The van der Waals surface area contributed by atoms with Gasteiger partial charge in [0.15, 0.2) is 0 Å². The first-order chi connectivity index (χ1) is 9.22. The van der Waals surface area contributed by atoms with Crippen LogP contribution in [0, 0.1) is 6.92 Å². The largest absolute Gasteiger partial charge is 0.506 e. The van der Waals surface area contributed by atoms with Crippen molar-refractivity contribution in [2.75, 3.05) is 11.4 Å². The van der Waals surface area contributed by atoms with Crippen LogP contribution in [0.15, 0.2) is 48.5 Å². The summed E-state index contributed by atoms with van der Waals surface area (Å²) in [5.74, 6) is 0.333. The number of aromatic hydroxyl groups is 1. The summed E-state index contributed by atoms with van der Waals surface area (Å²) in [4.78, 5) is 2.18. The Morgan fingerprint density at radius 3 is 2.32 bits per heavy atom. The van der Waals surface area contributed by atoms with Crippen LogP contribution >= 0.6 is 0 Å². The summed E-state index contributed by atoms with van der Waals surface area (Å²) in [6, 6.07) is 15.9. The number of para-hydroxylation sites is 2. The Morgan fingerprint density at radius 2 is 1.68 bits per heavy atom. The third-order valence-corrected chi connectivity index (χ3v) is 3.25. The molecule has 0 aliphatic carbocycles. The smallest absolute Gasteiger partial charge is 0.139 e. The quantitative estimate of drug-likeness (QED) is 0.841. The van der Waals surface area contributed by atoms with E-state index in [0.717, 1.165) is 30.8 Å². The fraction of sp³-hybridized carbons (Fsp3) is 0.294. The van der Waals surface area contributed by atoms with Crippen LogP contribution in [0.5, 0.6) is 5.75 Å². The van der Waals surface area contributed by atoms with E-state index in [2.05, 4.69) is 43.0 Å². The summed E-state index contributed by atoms with van der Waals surface area (Å²) in [6.45, 7) is 5.18. The maximum absolute atomic E-state index is 10.1. The van der Waals surface area contributed by atoms with Gasteiger partial charge in [0.05, 0.1) is 5.69 Å². The van der Waals surface area contributed by atoms with E-state index < -0.39 is 0 Å². The van der Waals surface area contributed by atoms with E-state index >= 15 is 0 Å². The fourth-order valence-corrected chi connectivity index (χ4v) is 2.12. The van der Waals surface area contributed by atoms with Gasteiger partial charge in [-0.1, -0.05) is 43.2 Å². The number of hydrogen-bond acceptors (Lipinski definition) is 2. The lowest BCUT2D eigenvalue weighted by molar-refractivity contribution is 0.475. The van der Waals surface area contributed by atoms with Crippen LogP contribution < -0.4 is 4.90 Å². The Balaban J connectivity index is 2.35. The molecule has 2 aromatic carbocycles. The van der Waals surface area contributed by atoms with Crippen molar-refractivity contribution in [3.05, 3.63) is 54.1 Å². The number of nitrogens with zero attached hydrogens (tertiary/aromatic N) is 1. The topological polar surface area (TPSA) is 23.5 Å². The number of unbranched alkanes of at least 4 members (excludes halogenated alkanes) is 1. The summed E-state index contributed by atoms with van der Waals surface area (Å²) in [6.07, 6.45) is 2.23. The van der Waals surface area contributed by atoms with Gasteiger partial charge in [-0.05, 0) is 37.6 Å². The number of hydrogen-bond donors (Lipinski definition) is 1. The first kappa shape index (κ1) is 13.5. The predicted octanol–water partition coefficient (Wildman–Crippen LogP) is 4.64. The molecule has 0 amide bonds. The molecule has 1 N–H and O–H groups in total. The summed E-state index contributed by atoms with van der Waals surface area (Å²) >= 11 is 0. The van der Waals surface area contributed by atoms with Crippen molar-refractivity contribution < 1.29 is 5.11 Å². The summed E-state index contributed by atoms with van der Waals surface area (Å²) < 4.78 is 0. The molecule has 2 rings (SSSR count). The molecule has 0 aliphatic rings. The van der Waals surface area contributed by atoms with Crippen molar-refractivity contribution in [3.8, 4) is 5.75 Å². The number of aryl methyl sites for hydroxylation is 1. The van der Waals surface area contributed by atoms with Crippen LogP contribution in [0.1, 0.15) is 25.3 Å².